The molecule has 15 heavy (non-hydrogen) atoms. The lowest BCUT2D eigenvalue weighted by molar-refractivity contribution is 0.0606. The monoisotopic (exact) mass is 221 g/mol. The van der Waals surface area contributed by atoms with Gasteiger partial charge in [-0.05, 0) is 6.07 Å². The zero-order chi connectivity index (χ0) is 10.8. The van der Waals surface area contributed by atoms with Gasteiger partial charge in [0.25, 0.3) is 0 Å². The van der Waals surface area contributed by atoms with E-state index in [9.17, 15) is 9.59 Å². The summed E-state index contributed by atoms with van der Waals surface area (Å²) in [6.45, 7) is 0. The van der Waals surface area contributed by atoms with Crippen molar-refractivity contribution in [3.8, 4) is 0 Å². The number of thiophene rings is 1. The van der Waals surface area contributed by atoms with Crippen molar-refractivity contribution in [1.29, 1.82) is 0 Å². The van der Waals surface area contributed by atoms with Gasteiger partial charge in [0.2, 0.25) is 0 Å². The fourth-order valence-electron chi connectivity index (χ4n) is 1.28. The Hall–Kier alpha value is -1.75. The first-order valence-corrected chi connectivity index (χ1v) is 4.99. The molecule has 0 amide bonds. The summed E-state index contributed by atoms with van der Waals surface area (Å²) < 4.78 is 5.41. The topological polar surface area (TPSA) is 56.3 Å². The first-order chi connectivity index (χ1) is 7.26. The number of hydrogen-bond donors (Lipinski definition) is 0. The lowest BCUT2D eigenvalue weighted by atomic mass is 10.2. The Morgan fingerprint density at radius 1 is 1.53 bits per heavy atom. The molecule has 0 aliphatic heterocycles. The second-order valence-electron chi connectivity index (χ2n) is 2.86. The van der Waals surface area contributed by atoms with E-state index in [0.29, 0.717) is 10.4 Å². The summed E-state index contributed by atoms with van der Waals surface area (Å²) in [5.74, 6) is -0.395. The second-order valence-corrected chi connectivity index (χ2v) is 3.94. The molecule has 0 spiro atoms. The minimum Gasteiger partial charge on any atom is -0.465 e. The lowest BCUT2D eigenvalue weighted by Gasteiger charge is -1.90. The summed E-state index contributed by atoms with van der Waals surface area (Å²) in [5, 5.41) is 0.741. The number of methoxy groups -OCH3 is 1. The molecule has 0 aromatic carbocycles. The number of aromatic nitrogens is 1. The van der Waals surface area contributed by atoms with Crippen LogP contribution in [0.5, 0.6) is 0 Å². The SMILES string of the molecule is COC(=O)c1cc2c(C=O)cncc2s1. The third-order valence-corrected chi connectivity index (χ3v) is 3.04. The van der Waals surface area contributed by atoms with Gasteiger partial charge in [0, 0.05) is 23.3 Å². The number of nitrogens with zero attached hydrogens (tertiary/aromatic N) is 1. The molecule has 2 rings (SSSR count). The summed E-state index contributed by atoms with van der Waals surface area (Å²) in [6, 6.07) is 1.65. The molecular formula is C10H7NO3S. The molecule has 0 saturated carbocycles. The average molecular weight is 221 g/mol. The van der Waals surface area contributed by atoms with Gasteiger partial charge in [-0.2, -0.15) is 0 Å². The predicted octanol–water partition coefficient (Wildman–Crippen LogP) is 1.90. The molecule has 4 nitrogen and oxygen atoms in total. The van der Waals surface area contributed by atoms with Crippen LogP contribution in [0.2, 0.25) is 0 Å². The van der Waals surface area contributed by atoms with Crippen LogP contribution in [0.25, 0.3) is 10.1 Å². The third kappa shape index (κ3) is 1.61. The molecule has 0 unspecified atom stereocenters. The molecule has 0 saturated heterocycles. The van der Waals surface area contributed by atoms with Crippen molar-refractivity contribution in [1.82, 2.24) is 4.98 Å². The van der Waals surface area contributed by atoms with Crippen LogP contribution in [0.4, 0.5) is 0 Å². The standard InChI is InChI=1S/C10H7NO3S/c1-14-10(13)8-2-7-6(5-12)3-11-4-9(7)15-8/h2-5H,1H3. The molecular weight excluding hydrogens is 214 g/mol. The lowest BCUT2D eigenvalue weighted by Crippen LogP contribution is -1.96. The van der Waals surface area contributed by atoms with Crippen molar-refractivity contribution in [3.63, 3.8) is 0 Å². The number of pyridine rings is 1. The quantitative estimate of drug-likeness (QED) is 0.574. The number of carbonyl (C=O) groups is 2. The van der Waals surface area contributed by atoms with Crippen LogP contribution in [0.3, 0.4) is 0 Å². The number of carbonyl (C=O) groups excluding carboxylic acids is 2. The Morgan fingerprint density at radius 2 is 2.33 bits per heavy atom. The van der Waals surface area contributed by atoms with Crippen LogP contribution < -0.4 is 0 Å². The molecule has 2 aromatic rings. The zero-order valence-electron chi connectivity index (χ0n) is 7.89. The zero-order valence-corrected chi connectivity index (χ0v) is 8.71. The van der Waals surface area contributed by atoms with E-state index in [1.807, 2.05) is 0 Å². The first kappa shape index (κ1) is 9.79. The van der Waals surface area contributed by atoms with Crippen molar-refractivity contribution in [2.45, 2.75) is 0 Å². The van der Waals surface area contributed by atoms with Gasteiger partial charge in [-0.25, -0.2) is 4.79 Å². The number of esters is 1. The van der Waals surface area contributed by atoms with Crippen molar-refractivity contribution in [2.75, 3.05) is 7.11 Å². The molecule has 0 radical (unpaired) electrons. The Labute approximate surface area is 89.5 Å². The van der Waals surface area contributed by atoms with E-state index in [4.69, 9.17) is 0 Å². The summed E-state index contributed by atoms with van der Waals surface area (Å²) in [4.78, 5) is 26.4. The third-order valence-electron chi connectivity index (χ3n) is 1.99. The van der Waals surface area contributed by atoms with Crippen LogP contribution in [0.15, 0.2) is 18.5 Å². The predicted molar refractivity (Wildman–Crippen MR) is 56.3 cm³/mol. The van der Waals surface area contributed by atoms with Gasteiger partial charge < -0.3 is 4.74 Å². The summed E-state index contributed by atoms with van der Waals surface area (Å²) in [7, 11) is 1.33. The Balaban J connectivity index is 2.65. The second kappa shape index (κ2) is 3.78. The molecule has 2 heterocycles. The van der Waals surface area contributed by atoms with Gasteiger partial charge in [-0.15, -0.1) is 11.3 Å². The van der Waals surface area contributed by atoms with Crippen molar-refractivity contribution in [3.05, 3.63) is 28.9 Å². The van der Waals surface area contributed by atoms with E-state index in [1.165, 1.54) is 24.6 Å². The highest BCUT2D eigenvalue weighted by Crippen LogP contribution is 2.27. The molecule has 0 aliphatic carbocycles. The molecule has 2 aromatic heterocycles. The van der Waals surface area contributed by atoms with E-state index in [2.05, 4.69) is 9.72 Å². The molecule has 0 atom stereocenters. The molecule has 0 aliphatic rings. The minimum absolute atomic E-state index is 0.395. The normalized spacial score (nSPS) is 10.2. The fourth-order valence-corrected chi connectivity index (χ4v) is 2.26. The largest absolute Gasteiger partial charge is 0.465 e. The highest BCUT2D eigenvalue weighted by molar-refractivity contribution is 7.20. The Morgan fingerprint density at radius 3 is 3.00 bits per heavy atom. The fraction of sp³-hybridized carbons (Fsp3) is 0.100. The summed E-state index contributed by atoms with van der Waals surface area (Å²) in [5.41, 5.74) is 0.485. The van der Waals surface area contributed by atoms with Crippen molar-refractivity contribution < 1.29 is 14.3 Å². The van der Waals surface area contributed by atoms with Gasteiger partial charge in [-0.3, -0.25) is 9.78 Å². The molecule has 76 valence electrons. The number of aldehydes is 1. The highest BCUT2D eigenvalue weighted by Gasteiger charge is 2.12. The van der Waals surface area contributed by atoms with Crippen LogP contribution in [0.1, 0.15) is 20.0 Å². The number of hydrogen-bond acceptors (Lipinski definition) is 5. The van der Waals surface area contributed by atoms with E-state index in [0.717, 1.165) is 16.4 Å². The van der Waals surface area contributed by atoms with E-state index >= 15 is 0 Å². The van der Waals surface area contributed by atoms with Gasteiger partial charge in [0.05, 0.1) is 11.8 Å². The van der Waals surface area contributed by atoms with Crippen LogP contribution in [-0.4, -0.2) is 24.3 Å². The smallest absolute Gasteiger partial charge is 0.348 e. The van der Waals surface area contributed by atoms with Crippen molar-refractivity contribution in [2.24, 2.45) is 0 Å². The maximum Gasteiger partial charge on any atom is 0.348 e. The van der Waals surface area contributed by atoms with E-state index < -0.39 is 5.97 Å². The Bertz CT molecular complexity index is 532. The maximum absolute atomic E-state index is 11.3. The van der Waals surface area contributed by atoms with E-state index in [-0.39, 0.29) is 0 Å². The van der Waals surface area contributed by atoms with Crippen LogP contribution in [0, 0.1) is 0 Å². The number of ether oxygens (including phenoxy) is 1. The van der Waals surface area contributed by atoms with Gasteiger partial charge in [0.1, 0.15) is 4.88 Å². The molecule has 0 bridgehead atoms. The van der Waals surface area contributed by atoms with Crippen LogP contribution in [-0.2, 0) is 4.74 Å². The van der Waals surface area contributed by atoms with Crippen molar-refractivity contribution >= 4 is 33.7 Å². The van der Waals surface area contributed by atoms with Gasteiger partial charge >= 0.3 is 5.97 Å². The average Bonchev–Trinajstić information content (AvgIpc) is 2.71. The van der Waals surface area contributed by atoms with Crippen LogP contribution >= 0.6 is 11.3 Å². The van der Waals surface area contributed by atoms with E-state index in [1.54, 1.807) is 12.3 Å². The maximum atomic E-state index is 11.3. The highest BCUT2D eigenvalue weighted by atomic mass is 32.1. The molecule has 0 fully saturated rings. The summed E-state index contributed by atoms with van der Waals surface area (Å²) >= 11 is 1.26. The van der Waals surface area contributed by atoms with Gasteiger partial charge in [0.15, 0.2) is 6.29 Å². The summed E-state index contributed by atoms with van der Waals surface area (Å²) in [6.07, 6.45) is 3.83. The first-order valence-electron chi connectivity index (χ1n) is 4.17. The molecule has 5 heteroatoms. The van der Waals surface area contributed by atoms with Gasteiger partial charge in [-0.1, -0.05) is 0 Å². The minimum atomic E-state index is -0.395. The molecule has 0 N–H and O–H groups in total. The number of fused-ring (bicyclic) bond motifs is 1. The number of rotatable bonds is 2. The Kier molecular flexibility index (Phi) is 2.47.